The third-order valence-electron chi connectivity index (χ3n) is 2.84. The van der Waals surface area contributed by atoms with Gasteiger partial charge in [-0.3, -0.25) is 0 Å². The molecule has 0 heterocycles. The summed E-state index contributed by atoms with van der Waals surface area (Å²) in [5, 5.41) is 0. The van der Waals surface area contributed by atoms with Crippen molar-refractivity contribution in [3.63, 3.8) is 0 Å². The van der Waals surface area contributed by atoms with Crippen LogP contribution in [0.2, 0.25) is 0 Å². The van der Waals surface area contributed by atoms with Gasteiger partial charge in [0.2, 0.25) is 0 Å². The van der Waals surface area contributed by atoms with Crippen LogP contribution >= 0.6 is 0 Å². The van der Waals surface area contributed by atoms with Crippen molar-refractivity contribution < 1.29 is 16.8 Å². The number of benzene rings is 1. The Morgan fingerprint density at radius 3 is 1.90 bits per heavy atom. The summed E-state index contributed by atoms with van der Waals surface area (Å²) in [7, 11) is -8.18. The quantitative estimate of drug-likeness (QED) is 0.835. The van der Waals surface area contributed by atoms with E-state index in [0.717, 1.165) is 11.8 Å². The average molecular weight is 318 g/mol. The summed E-state index contributed by atoms with van der Waals surface area (Å²) in [6.07, 6.45) is 0.770. The molecule has 0 aromatic heterocycles. The van der Waals surface area contributed by atoms with Crippen LogP contribution in [0, 0.1) is 0 Å². The Hall–Kier alpha value is -0.920. The molecule has 0 aliphatic rings. The third kappa shape index (κ3) is 4.29. The van der Waals surface area contributed by atoms with Gasteiger partial charge < -0.3 is 4.13 Å². The van der Waals surface area contributed by atoms with E-state index in [-0.39, 0.29) is 16.7 Å². The number of hydrogen-bond acceptors (Lipinski definition) is 4. The monoisotopic (exact) mass is 318 g/mol. The topological polar surface area (TPSA) is 82.4 Å². The van der Waals surface area contributed by atoms with Crippen LogP contribution in [-0.4, -0.2) is 23.1 Å². The second kappa shape index (κ2) is 5.83. The summed E-state index contributed by atoms with van der Waals surface area (Å²) in [4.78, 5) is -0.0240. The minimum absolute atomic E-state index is 0.0240. The first-order valence-electron chi connectivity index (χ1n) is 6.27. The molecule has 1 aromatic carbocycles. The summed E-state index contributed by atoms with van der Waals surface area (Å²) < 4.78 is 49.8. The zero-order valence-corrected chi connectivity index (χ0v) is 13.9. The molecule has 20 heavy (non-hydrogen) atoms. The smallest absolute Gasteiger partial charge is 0.112 e. The van der Waals surface area contributed by atoms with Crippen molar-refractivity contribution in [3.8, 4) is 0 Å². The lowest BCUT2D eigenvalue weighted by molar-refractivity contribution is 0.596. The van der Waals surface area contributed by atoms with Crippen molar-refractivity contribution in [2.75, 3.05) is 6.26 Å². The van der Waals surface area contributed by atoms with Crippen LogP contribution < -0.4 is 0 Å². The SMILES string of the molecule is CC(C)c1ccc(C(C)C)c(S(=O)(=O)[N-]S(C)(=O)=O)c1. The van der Waals surface area contributed by atoms with Gasteiger partial charge in [0.1, 0.15) is 10.0 Å². The normalized spacial score (nSPS) is 13.2. The Balaban J connectivity index is 3.51. The molecule has 7 heteroatoms. The fourth-order valence-electron chi connectivity index (χ4n) is 1.83. The van der Waals surface area contributed by atoms with Crippen molar-refractivity contribution in [2.45, 2.75) is 44.4 Å². The molecule has 0 unspecified atom stereocenters. The molecule has 0 N–H and O–H groups in total. The lowest BCUT2D eigenvalue weighted by Crippen LogP contribution is -2.10. The van der Waals surface area contributed by atoms with Crippen molar-refractivity contribution in [1.82, 2.24) is 0 Å². The van der Waals surface area contributed by atoms with E-state index in [1.165, 1.54) is 6.07 Å². The first-order valence-corrected chi connectivity index (χ1v) is 9.56. The van der Waals surface area contributed by atoms with Gasteiger partial charge in [-0.25, -0.2) is 16.8 Å². The third-order valence-corrected chi connectivity index (χ3v) is 5.62. The Kier molecular flexibility index (Phi) is 4.99. The van der Waals surface area contributed by atoms with Crippen molar-refractivity contribution in [2.24, 2.45) is 0 Å². The molecule has 1 aromatic rings. The molecule has 0 saturated heterocycles. The Morgan fingerprint density at radius 2 is 1.50 bits per heavy atom. The molecular formula is C13H20NO4S2-. The van der Waals surface area contributed by atoms with Crippen LogP contribution in [0.1, 0.15) is 50.7 Å². The van der Waals surface area contributed by atoms with Gasteiger partial charge in [0, 0.05) is 6.26 Å². The summed E-state index contributed by atoms with van der Waals surface area (Å²) in [6.45, 7) is 7.58. The summed E-state index contributed by atoms with van der Waals surface area (Å²) in [5.74, 6) is 0.0964. The van der Waals surface area contributed by atoms with E-state index in [1.54, 1.807) is 6.07 Å². The van der Waals surface area contributed by atoms with Gasteiger partial charge >= 0.3 is 0 Å². The molecule has 1 rings (SSSR count). The average Bonchev–Trinajstić information content (AvgIpc) is 2.24. The molecule has 114 valence electrons. The lowest BCUT2D eigenvalue weighted by atomic mass is 9.97. The summed E-state index contributed by atoms with van der Waals surface area (Å²) >= 11 is 0. The zero-order valence-electron chi connectivity index (χ0n) is 12.3. The van der Waals surface area contributed by atoms with E-state index >= 15 is 0 Å². The molecule has 0 spiro atoms. The highest BCUT2D eigenvalue weighted by Gasteiger charge is 2.17. The maximum absolute atomic E-state index is 12.2. The van der Waals surface area contributed by atoms with Crippen LogP contribution in [0.5, 0.6) is 0 Å². The molecule has 0 atom stereocenters. The summed E-state index contributed by atoms with van der Waals surface area (Å²) in [6, 6.07) is 5.11. The molecule has 0 fully saturated rings. The first-order chi connectivity index (χ1) is 8.94. The summed E-state index contributed by atoms with van der Waals surface area (Å²) in [5.41, 5.74) is 1.40. The largest absolute Gasteiger partial charge is 0.432 e. The van der Waals surface area contributed by atoms with E-state index < -0.39 is 20.0 Å². The number of nitrogens with zero attached hydrogens (tertiary/aromatic N) is 1. The minimum Gasteiger partial charge on any atom is -0.432 e. The molecule has 0 aliphatic heterocycles. The maximum atomic E-state index is 12.2. The highest BCUT2D eigenvalue weighted by Crippen LogP contribution is 2.31. The van der Waals surface area contributed by atoms with Crippen LogP contribution in [0.4, 0.5) is 0 Å². The second-order valence-electron chi connectivity index (χ2n) is 5.39. The van der Waals surface area contributed by atoms with Gasteiger partial charge in [0.15, 0.2) is 0 Å². The molecule has 0 bridgehead atoms. The minimum atomic E-state index is -4.21. The van der Waals surface area contributed by atoms with Crippen LogP contribution in [-0.2, 0) is 20.0 Å². The fraction of sp³-hybridized carbons (Fsp3) is 0.538. The Bertz CT molecular complexity index is 689. The van der Waals surface area contributed by atoms with Crippen molar-refractivity contribution >= 4 is 20.0 Å². The van der Waals surface area contributed by atoms with E-state index in [9.17, 15) is 16.8 Å². The van der Waals surface area contributed by atoms with Gasteiger partial charge in [0.05, 0.1) is 14.9 Å². The van der Waals surface area contributed by atoms with Crippen molar-refractivity contribution in [3.05, 3.63) is 33.5 Å². The highest BCUT2D eigenvalue weighted by atomic mass is 32.3. The van der Waals surface area contributed by atoms with Gasteiger partial charge in [-0.1, -0.05) is 39.8 Å². The zero-order chi connectivity index (χ0) is 15.7. The van der Waals surface area contributed by atoms with Gasteiger partial charge in [-0.2, -0.15) is 0 Å². The molecule has 5 nitrogen and oxygen atoms in total. The highest BCUT2D eigenvalue weighted by molar-refractivity contribution is 8.12. The lowest BCUT2D eigenvalue weighted by Gasteiger charge is -2.23. The fourth-order valence-corrected chi connectivity index (χ4v) is 4.46. The maximum Gasteiger partial charge on any atom is 0.112 e. The second-order valence-corrected chi connectivity index (χ2v) is 8.84. The number of sulfonamides is 2. The van der Waals surface area contributed by atoms with Crippen LogP contribution in [0.3, 0.4) is 0 Å². The molecule has 0 amide bonds. The van der Waals surface area contributed by atoms with E-state index in [2.05, 4.69) is 4.13 Å². The Morgan fingerprint density at radius 1 is 0.950 bits per heavy atom. The van der Waals surface area contributed by atoms with E-state index in [4.69, 9.17) is 0 Å². The molecule has 0 aliphatic carbocycles. The first kappa shape index (κ1) is 17.1. The van der Waals surface area contributed by atoms with Crippen LogP contribution in [0.15, 0.2) is 23.1 Å². The Labute approximate surface area is 121 Å². The van der Waals surface area contributed by atoms with Gasteiger partial charge in [-0.15, -0.1) is 0 Å². The standard InChI is InChI=1S/C13H20NO4S2/c1-9(2)11-6-7-12(10(3)4)13(8-11)20(17,18)14-19(5,15)16/h6-10H,1-5H3/q-1. The molecule has 0 radical (unpaired) electrons. The predicted octanol–water partition coefficient (Wildman–Crippen LogP) is 2.96. The van der Waals surface area contributed by atoms with E-state index in [0.29, 0.717) is 5.56 Å². The number of hydrogen-bond donors (Lipinski definition) is 0. The van der Waals surface area contributed by atoms with Crippen LogP contribution in [0.25, 0.3) is 4.13 Å². The van der Waals surface area contributed by atoms with Gasteiger partial charge in [0.25, 0.3) is 0 Å². The van der Waals surface area contributed by atoms with Crippen molar-refractivity contribution in [1.29, 1.82) is 0 Å². The van der Waals surface area contributed by atoms with E-state index in [1.807, 2.05) is 33.8 Å². The van der Waals surface area contributed by atoms with Gasteiger partial charge in [-0.05, 0) is 29.0 Å². The molecular weight excluding hydrogens is 298 g/mol. The number of rotatable bonds is 5. The molecule has 0 saturated carbocycles. The predicted molar refractivity (Wildman–Crippen MR) is 80.0 cm³/mol.